The van der Waals surface area contributed by atoms with Gasteiger partial charge in [-0.1, -0.05) is 18.2 Å². The van der Waals surface area contributed by atoms with Crippen LogP contribution >= 0.6 is 0 Å². The van der Waals surface area contributed by atoms with Crippen LogP contribution in [0.1, 0.15) is 42.7 Å². The number of aromatic nitrogens is 1. The third-order valence-corrected chi connectivity index (χ3v) is 5.86. The van der Waals surface area contributed by atoms with E-state index in [1.165, 1.54) is 24.3 Å². The summed E-state index contributed by atoms with van der Waals surface area (Å²) in [6.45, 7) is 5.39. The van der Waals surface area contributed by atoms with Crippen LogP contribution in [0.15, 0.2) is 65.4 Å². The van der Waals surface area contributed by atoms with E-state index >= 15 is 0 Å². The fraction of sp³-hybridized carbons (Fsp3) is 0.200. The lowest BCUT2D eigenvalue weighted by Crippen LogP contribution is -2.22. The van der Waals surface area contributed by atoms with Gasteiger partial charge in [0.15, 0.2) is 0 Å². The second-order valence-corrected chi connectivity index (χ2v) is 7.82. The zero-order valence-corrected chi connectivity index (χ0v) is 18.7. The number of hydrogen-bond acceptors (Lipinski definition) is 5. The average molecular weight is 445 g/mol. The van der Waals surface area contributed by atoms with Crippen molar-refractivity contribution in [2.24, 2.45) is 5.10 Å². The third-order valence-electron chi connectivity index (χ3n) is 5.86. The number of carbonyl (C=O) groups is 3. The van der Waals surface area contributed by atoms with Crippen molar-refractivity contribution < 1.29 is 24.2 Å². The Morgan fingerprint density at radius 3 is 2.39 bits per heavy atom. The first-order chi connectivity index (χ1) is 15.7. The number of carboxylic acids is 1. The number of hydrogen-bond donors (Lipinski definition) is 1. The van der Waals surface area contributed by atoms with E-state index in [9.17, 15) is 14.4 Å². The SMILES string of the molecule is COC(=O)C(C)n1cc(C(C)=C2C(=O)N(c3ccc(C(=O)O)cc3)N=C2C)c2ccccc21. The molecule has 2 aromatic carbocycles. The molecule has 1 amide bonds. The average Bonchev–Trinajstić information content (AvgIpc) is 3.35. The number of rotatable bonds is 5. The molecule has 4 rings (SSSR count). The summed E-state index contributed by atoms with van der Waals surface area (Å²) in [5.74, 6) is -1.70. The minimum atomic E-state index is -1.04. The van der Waals surface area contributed by atoms with Crippen LogP contribution in [-0.2, 0) is 14.3 Å². The molecule has 1 atom stereocenters. The van der Waals surface area contributed by atoms with E-state index in [1.54, 1.807) is 26.0 Å². The Kier molecular flexibility index (Phi) is 5.59. The molecule has 0 fully saturated rings. The van der Waals surface area contributed by atoms with E-state index in [-0.39, 0.29) is 17.4 Å². The highest BCUT2D eigenvalue weighted by atomic mass is 16.5. The zero-order valence-electron chi connectivity index (χ0n) is 18.7. The van der Waals surface area contributed by atoms with Crippen LogP contribution < -0.4 is 5.01 Å². The van der Waals surface area contributed by atoms with Crippen molar-refractivity contribution in [2.75, 3.05) is 12.1 Å². The molecule has 2 heterocycles. The zero-order chi connectivity index (χ0) is 23.9. The second-order valence-electron chi connectivity index (χ2n) is 7.82. The van der Waals surface area contributed by atoms with Gasteiger partial charge < -0.3 is 14.4 Å². The molecule has 168 valence electrons. The number of carboxylic acid groups (broad SMARTS) is 1. The predicted octanol–water partition coefficient (Wildman–Crippen LogP) is 4.27. The number of ether oxygens (including phenoxy) is 1. The van der Waals surface area contributed by atoms with Crippen LogP contribution in [-0.4, -0.2) is 40.3 Å². The summed E-state index contributed by atoms with van der Waals surface area (Å²) in [7, 11) is 1.35. The highest BCUT2D eigenvalue weighted by Crippen LogP contribution is 2.34. The first-order valence-corrected chi connectivity index (χ1v) is 10.4. The summed E-state index contributed by atoms with van der Waals surface area (Å²) in [5.41, 5.74) is 4.04. The number of amides is 1. The van der Waals surface area contributed by atoms with Gasteiger partial charge in [0.2, 0.25) is 0 Å². The standard InChI is InChI=1S/C25H23N3O5/c1-14(20-13-27(16(3)25(32)33-4)21-8-6-5-7-19(20)21)22-15(2)26-28(23(22)29)18-11-9-17(10-12-18)24(30)31/h5-13,16H,1-4H3,(H,30,31). The number of benzene rings is 2. The number of methoxy groups -OCH3 is 1. The first kappa shape index (κ1) is 22.0. The number of fused-ring (bicyclic) bond motifs is 1. The van der Waals surface area contributed by atoms with Crippen molar-refractivity contribution in [3.63, 3.8) is 0 Å². The number of para-hydroxylation sites is 1. The molecular weight excluding hydrogens is 422 g/mol. The molecule has 0 saturated heterocycles. The Hall–Kier alpha value is -4.20. The highest BCUT2D eigenvalue weighted by molar-refractivity contribution is 6.33. The molecule has 1 unspecified atom stereocenters. The van der Waals surface area contributed by atoms with E-state index in [2.05, 4.69) is 5.10 Å². The molecule has 0 bridgehead atoms. The quantitative estimate of drug-likeness (QED) is 0.467. The van der Waals surface area contributed by atoms with Crippen LogP contribution in [0.4, 0.5) is 5.69 Å². The topological polar surface area (TPSA) is 101 Å². The molecule has 0 radical (unpaired) electrons. The Balaban J connectivity index is 1.79. The molecule has 8 heteroatoms. The van der Waals surface area contributed by atoms with Crippen molar-refractivity contribution in [2.45, 2.75) is 26.8 Å². The normalized spacial score (nSPS) is 16.1. The number of hydrazone groups is 1. The van der Waals surface area contributed by atoms with Crippen molar-refractivity contribution in [3.05, 3.63) is 71.4 Å². The lowest BCUT2D eigenvalue weighted by atomic mass is 9.98. The summed E-state index contributed by atoms with van der Waals surface area (Å²) in [5, 5.41) is 15.7. The van der Waals surface area contributed by atoms with Crippen LogP contribution in [0.2, 0.25) is 0 Å². The summed E-state index contributed by atoms with van der Waals surface area (Å²) in [6.07, 6.45) is 1.86. The van der Waals surface area contributed by atoms with Gasteiger partial charge in [-0.25, -0.2) is 9.59 Å². The van der Waals surface area contributed by atoms with Crippen LogP contribution in [0.5, 0.6) is 0 Å². The van der Waals surface area contributed by atoms with Crippen molar-refractivity contribution >= 4 is 45.7 Å². The number of anilines is 1. The Labute approximate surface area is 190 Å². The fourth-order valence-electron chi connectivity index (χ4n) is 4.10. The molecule has 1 aromatic heterocycles. The maximum atomic E-state index is 13.3. The van der Waals surface area contributed by atoms with E-state index < -0.39 is 12.0 Å². The van der Waals surface area contributed by atoms with Crippen molar-refractivity contribution in [1.82, 2.24) is 4.57 Å². The smallest absolute Gasteiger partial charge is 0.335 e. The summed E-state index contributed by atoms with van der Waals surface area (Å²) in [6, 6.07) is 13.1. The number of carbonyl (C=O) groups excluding carboxylic acids is 2. The molecule has 33 heavy (non-hydrogen) atoms. The number of aromatic carboxylic acids is 1. The fourth-order valence-corrected chi connectivity index (χ4v) is 4.10. The maximum absolute atomic E-state index is 13.3. The van der Waals surface area contributed by atoms with Gasteiger partial charge in [0, 0.05) is 22.7 Å². The lowest BCUT2D eigenvalue weighted by molar-refractivity contribution is -0.143. The molecule has 8 nitrogen and oxygen atoms in total. The minimum Gasteiger partial charge on any atom is -0.478 e. The number of allylic oxidation sites excluding steroid dienone is 1. The Morgan fingerprint density at radius 2 is 1.76 bits per heavy atom. The highest BCUT2D eigenvalue weighted by Gasteiger charge is 2.32. The lowest BCUT2D eigenvalue weighted by Gasteiger charge is -2.13. The van der Waals surface area contributed by atoms with Crippen LogP contribution in [0, 0.1) is 0 Å². The molecule has 1 aliphatic heterocycles. The maximum Gasteiger partial charge on any atom is 0.335 e. The molecular formula is C25H23N3O5. The van der Waals surface area contributed by atoms with Gasteiger partial charge in [0.1, 0.15) is 6.04 Å². The third kappa shape index (κ3) is 3.69. The van der Waals surface area contributed by atoms with Gasteiger partial charge in [-0.15, -0.1) is 0 Å². The van der Waals surface area contributed by atoms with Crippen LogP contribution in [0.3, 0.4) is 0 Å². The molecule has 3 aromatic rings. The molecule has 0 aliphatic carbocycles. The Bertz CT molecular complexity index is 1350. The molecule has 1 aliphatic rings. The van der Waals surface area contributed by atoms with E-state index in [0.717, 1.165) is 22.0 Å². The minimum absolute atomic E-state index is 0.130. The summed E-state index contributed by atoms with van der Waals surface area (Å²) < 4.78 is 6.76. The van der Waals surface area contributed by atoms with E-state index in [4.69, 9.17) is 9.84 Å². The van der Waals surface area contributed by atoms with Crippen LogP contribution in [0.25, 0.3) is 16.5 Å². The summed E-state index contributed by atoms with van der Waals surface area (Å²) >= 11 is 0. The van der Waals surface area contributed by atoms with E-state index in [0.29, 0.717) is 17.0 Å². The molecule has 0 spiro atoms. The Morgan fingerprint density at radius 1 is 1.09 bits per heavy atom. The number of nitrogens with zero attached hydrogens (tertiary/aromatic N) is 3. The number of esters is 1. The monoisotopic (exact) mass is 445 g/mol. The van der Waals surface area contributed by atoms with Crippen molar-refractivity contribution in [1.29, 1.82) is 0 Å². The van der Waals surface area contributed by atoms with Gasteiger partial charge in [-0.2, -0.15) is 10.1 Å². The summed E-state index contributed by atoms with van der Waals surface area (Å²) in [4.78, 5) is 36.6. The van der Waals surface area contributed by atoms with Gasteiger partial charge in [-0.3, -0.25) is 4.79 Å². The predicted molar refractivity (Wildman–Crippen MR) is 125 cm³/mol. The second kappa shape index (κ2) is 8.38. The van der Waals surface area contributed by atoms with E-state index in [1.807, 2.05) is 42.0 Å². The van der Waals surface area contributed by atoms with Gasteiger partial charge in [0.05, 0.1) is 29.6 Å². The largest absolute Gasteiger partial charge is 0.478 e. The van der Waals surface area contributed by atoms with Gasteiger partial charge >= 0.3 is 11.9 Å². The molecule has 1 N–H and O–H groups in total. The first-order valence-electron chi connectivity index (χ1n) is 10.4. The van der Waals surface area contributed by atoms with Crippen molar-refractivity contribution in [3.8, 4) is 0 Å². The van der Waals surface area contributed by atoms with Gasteiger partial charge in [-0.05, 0) is 56.7 Å². The molecule has 0 saturated carbocycles. The van der Waals surface area contributed by atoms with Gasteiger partial charge in [0.25, 0.3) is 5.91 Å².